The van der Waals surface area contributed by atoms with Gasteiger partial charge in [-0.15, -0.1) is 17.8 Å². The molecule has 3 aromatic heterocycles. The molecule has 0 N–H and O–H groups in total. The van der Waals surface area contributed by atoms with Gasteiger partial charge in [-0.1, -0.05) is 18.4 Å². The molecule has 1 aromatic carbocycles. The van der Waals surface area contributed by atoms with Gasteiger partial charge in [0.15, 0.2) is 17.4 Å². The van der Waals surface area contributed by atoms with Crippen molar-refractivity contribution in [2.45, 2.75) is 45.1 Å². The molecule has 1 aliphatic carbocycles. The zero-order chi connectivity index (χ0) is 25.2. The summed E-state index contributed by atoms with van der Waals surface area (Å²) in [5, 5.41) is 0. The summed E-state index contributed by atoms with van der Waals surface area (Å²) in [6, 6.07) is 14.7. The summed E-state index contributed by atoms with van der Waals surface area (Å²) in [7, 11) is 0. The van der Waals surface area contributed by atoms with Gasteiger partial charge in [-0.25, -0.2) is 4.98 Å². The topological polar surface area (TPSA) is 81.9 Å². The first-order valence-electron chi connectivity index (χ1n) is 12.0. The van der Waals surface area contributed by atoms with Crippen LogP contribution in [0.2, 0.25) is 0 Å². The SMILES string of the molecule is C#Cc1ccc(C(=O)C[C@@H]2CCC[C@H](n3c(-c4ccccn4)nc4cc(C(=O)C(C)=O)ccc43)C2)s1. The Morgan fingerprint density at radius 2 is 2.00 bits per heavy atom. The van der Waals surface area contributed by atoms with Gasteiger partial charge >= 0.3 is 0 Å². The molecule has 6 nitrogen and oxygen atoms in total. The molecule has 0 amide bonds. The van der Waals surface area contributed by atoms with Gasteiger partial charge < -0.3 is 4.57 Å². The number of thiophene rings is 1. The molecule has 0 aliphatic heterocycles. The van der Waals surface area contributed by atoms with Gasteiger partial charge in [0.05, 0.1) is 20.8 Å². The second kappa shape index (κ2) is 10.00. The van der Waals surface area contributed by atoms with Crippen LogP contribution in [0.5, 0.6) is 0 Å². The summed E-state index contributed by atoms with van der Waals surface area (Å²) in [6.45, 7) is 1.28. The summed E-state index contributed by atoms with van der Waals surface area (Å²) in [5.41, 5.74) is 2.62. The highest BCUT2D eigenvalue weighted by Crippen LogP contribution is 2.39. The molecule has 1 saturated carbocycles. The van der Waals surface area contributed by atoms with E-state index in [1.54, 1.807) is 18.3 Å². The van der Waals surface area contributed by atoms with Gasteiger partial charge in [-0.2, -0.15) is 0 Å². The van der Waals surface area contributed by atoms with E-state index in [0.29, 0.717) is 17.5 Å². The van der Waals surface area contributed by atoms with Gasteiger partial charge in [0, 0.05) is 31.1 Å². The minimum Gasteiger partial charge on any atom is -0.320 e. The normalized spacial score (nSPS) is 17.6. The number of hydrogen-bond donors (Lipinski definition) is 0. The number of terminal acetylenes is 1. The van der Waals surface area contributed by atoms with Crippen LogP contribution in [0.15, 0.2) is 54.7 Å². The van der Waals surface area contributed by atoms with E-state index in [-0.39, 0.29) is 17.7 Å². The van der Waals surface area contributed by atoms with Gasteiger partial charge in [0.25, 0.3) is 0 Å². The number of carbonyl (C=O) groups is 3. The van der Waals surface area contributed by atoms with Gasteiger partial charge in [0.1, 0.15) is 5.69 Å². The molecule has 0 spiro atoms. The van der Waals surface area contributed by atoms with Crippen LogP contribution >= 0.6 is 11.3 Å². The van der Waals surface area contributed by atoms with E-state index < -0.39 is 11.6 Å². The summed E-state index contributed by atoms with van der Waals surface area (Å²) >= 11 is 1.37. The first kappa shape index (κ1) is 23.8. The lowest BCUT2D eigenvalue weighted by Crippen LogP contribution is -2.22. The van der Waals surface area contributed by atoms with Crippen molar-refractivity contribution in [1.29, 1.82) is 0 Å². The van der Waals surface area contributed by atoms with Crippen molar-refractivity contribution in [2.75, 3.05) is 0 Å². The number of benzene rings is 1. The second-order valence-corrected chi connectivity index (χ2v) is 10.3. The van der Waals surface area contributed by atoms with Crippen molar-refractivity contribution in [3.8, 4) is 23.9 Å². The Bertz CT molecular complexity index is 1510. The van der Waals surface area contributed by atoms with E-state index in [4.69, 9.17) is 11.4 Å². The number of imidazole rings is 1. The van der Waals surface area contributed by atoms with Gasteiger partial charge in [-0.05, 0) is 67.6 Å². The van der Waals surface area contributed by atoms with Crippen LogP contribution in [0, 0.1) is 18.3 Å². The second-order valence-electron chi connectivity index (χ2n) is 9.23. The number of pyridine rings is 1. The molecule has 2 atom stereocenters. The fourth-order valence-electron chi connectivity index (χ4n) is 5.10. The summed E-state index contributed by atoms with van der Waals surface area (Å²) in [4.78, 5) is 47.8. The fourth-order valence-corrected chi connectivity index (χ4v) is 5.86. The standard InChI is InChI=1S/C29H25N3O3S/c1-3-22-11-13-27(36-22)26(34)16-19-7-6-8-21(15-19)32-25-12-10-20(28(35)18(2)33)17-24(25)31-29(32)23-9-4-5-14-30-23/h1,4-5,9-14,17,19,21H,6-8,15-16H2,2H3/t19-,21+/m1/s1. The van der Waals surface area contributed by atoms with Crippen molar-refractivity contribution in [3.63, 3.8) is 0 Å². The van der Waals surface area contributed by atoms with E-state index in [1.165, 1.54) is 18.3 Å². The van der Waals surface area contributed by atoms with Crippen LogP contribution in [0.1, 0.15) is 70.0 Å². The van der Waals surface area contributed by atoms with E-state index >= 15 is 0 Å². The maximum Gasteiger partial charge on any atom is 0.228 e. The molecule has 0 bridgehead atoms. The first-order valence-corrected chi connectivity index (χ1v) is 12.8. The summed E-state index contributed by atoms with van der Waals surface area (Å²) in [6.07, 6.45) is 11.5. The van der Waals surface area contributed by atoms with E-state index in [1.807, 2.05) is 36.4 Å². The van der Waals surface area contributed by atoms with Crippen molar-refractivity contribution in [3.05, 3.63) is 70.0 Å². The number of nitrogens with zero attached hydrogens (tertiary/aromatic N) is 3. The highest BCUT2D eigenvalue weighted by atomic mass is 32.1. The molecule has 36 heavy (non-hydrogen) atoms. The number of ketones is 3. The molecule has 3 heterocycles. The Hall–Kier alpha value is -3.89. The molecule has 4 aromatic rings. The number of aromatic nitrogens is 3. The van der Waals surface area contributed by atoms with Crippen LogP contribution in [0.3, 0.4) is 0 Å². The Morgan fingerprint density at radius 3 is 2.72 bits per heavy atom. The van der Waals surface area contributed by atoms with Crippen LogP contribution in [-0.4, -0.2) is 31.9 Å². The van der Waals surface area contributed by atoms with Crippen LogP contribution < -0.4 is 0 Å². The number of carbonyl (C=O) groups excluding carboxylic acids is 3. The zero-order valence-corrected chi connectivity index (χ0v) is 20.8. The van der Waals surface area contributed by atoms with Crippen LogP contribution in [-0.2, 0) is 4.79 Å². The lowest BCUT2D eigenvalue weighted by molar-refractivity contribution is -0.113. The monoisotopic (exact) mass is 495 g/mol. The Labute approximate surface area is 213 Å². The largest absolute Gasteiger partial charge is 0.320 e. The average Bonchev–Trinajstić information content (AvgIpc) is 3.53. The maximum atomic E-state index is 12.9. The lowest BCUT2D eigenvalue weighted by atomic mass is 9.82. The number of hydrogen-bond acceptors (Lipinski definition) is 6. The molecule has 180 valence electrons. The molecule has 0 unspecified atom stereocenters. The minimum atomic E-state index is -0.524. The Kier molecular flexibility index (Phi) is 6.62. The highest BCUT2D eigenvalue weighted by molar-refractivity contribution is 7.14. The van der Waals surface area contributed by atoms with E-state index in [0.717, 1.165) is 52.5 Å². The summed E-state index contributed by atoms with van der Waals surface area (Å²) < 4.78 is 2.21. The summed E-state index contributed by atoms with van der Waals surface area (Å²) in [5.74, 6) is 2.69. The van der Waals surface area contributed by atoms with Crippen molar-refractivity contribution >= 4 is 39.7 Å². The lowest BCUT2D eigenvalue weighted by Gasteiger charge is -2.31. The number of rotatable bonds is 7. The number of Topliss-reactive ketones (excluding diaryl/α,β-unsaturated/α-hetero) is 3. The quantitative estimate of drug-likeness (QED) is 0.181. The van der Waals surface area contributed by atoms with Gasteiger partial charge in [0.2, 0.25) is 5.78 Å². The van der Waals surface area contributed by atoms with Crippen LogP contribution in [0.25, 0.3) is 22.6 Å². The van der Waals surface area contributed by atoms with Crippen molar-refractivity contribution < 1.29 is 14.4 Å². The highest BCUT2D eigenvalue weighted by Gasteiger charge is 2.29. The predicted octanol–water partition coefficient (Wildman–Crippen LogP) is 5.92. The average molecular weight is 496 g/mol. The predicted molar refractivity (Wildman–Crippen MR) is 140 cm³/mol. The van der Waals surface area contributed by atoms with Gasteiger partial charge in [-0.3, -0.25) is 19.4 Å². The molecule has 0 radical (unpaired) electrons. The first-order chi connectivity index (χ1) is 17.4. The third-order valence-electron chi connectivity index (χ3n) is 6.78. The van der Waals surface area contributed by atoms with E-state index in [2.05, 4.69) is 15.5 Å². The smallest absolute Gasteiger partial charge is 0.228 e. The Morgan fingerprint density at radius 1 is 1.14 bits per heavy atom. The Balaban J connectivity index is 1.49. The molecule has 5 rings (SSSR count). The zero-order valence-electron chi connectivity index (χ0n) is 19.9. The third kappa shape index (κ3) is 4.65. The molecular formula is C29H25N3O3S. The maximum absolute atomic E-state index is 12.9. The fraction of sp³-hybridized carbons (Fsp3) is 0.276. The van der Waals surface area contributed by atoms with E-state index in [9.17, 15) is 14.4 Å². The molecule has 1 fully saturated rings. The molecule has 0 saturated heterocycles. The molecule has 1 aliphatic rings. The van der Waals surface area contributed by atoms with Crippen LogP contribution in [0.4, 0.5) is 0 Å². The minimum absolute atomic E-state index is 0.137. The molecular weight excluding hydrogens is 470 g/mol. The molecule has 7 heteroatoms. The van der Waals surface area contributed by atoms with Crippen molar-refractivity contribution in [2.24, 2.45) is 5.92 Å². The third-order valence-corrected chi connectivity index (χ3v) is 7.84. The number of fused-ring (bicyclic) bond motifs is 1. The van der Waals surface area contributed by atoms with Crippen molar-refractivity contribution in [1.82, 2.24) is 14.5 Å².